The molecule has 21 heavy (non-hydrogen) atoms. The van der Waals surface area contributed by atoms with E-state index in [-0.39, 0.29) is 0 Å². The van der Waals surface area contributed by atoms with Crippen molar-refractivity contribution >= 4 is 5.97 Å². The van der Waals surface area contributed by atoms with Gasteiger partial charge in [0, 0.05) is 25.4 Å². The summed E-state index contributed by atoms with van der Waals surface area (Å²) in [6.45, 7) is 2.64. The molecule has 0 amide bonds. The lowest BCUT2D eigenvalue weighted by Gasteiger charge is -2.30. The highest BCUT2D eigenvalue weighted by Gasteiger charge is 2.38. The average Bonchev–Trinajstić information content (AvgIpc) is 2.97. The lowest BCUT2D eigenvalue weighted by atomic mass is 9.86. The first-order valence-electron chi connectivity index (χ1n) is 7.12. The predicted octanol–water partition coefficient (Wildman–Crippen LogP) is 2.04. The lowest BCUT2D eigenvalue weighted by Crippen LogP contribution is -2.48. The van der Waals surface area contributed by atoms with Crippen LogP contribution in [0.15, 0.2) is 42.7 Å². The number of aliphatic carboxylic acids is 1. The molecule has 112 valence electrons. The molecule has 0 saturated heterocycles. The lowest BCUT2D eigenvalue weighted by molar-refractivity contribution is -0.145. The summed E-state index contributed by atoms with van der Waals surface area (Å²) in [5, 5.41) is 12.7. The summed E-state index contributed by atoms with van der Waals surface area (Å²) in [5.74, 6) is 0.104. The number of aryl methyl sites for hydroxylation is 2. The number of carbonyl (C=O) groups is 1. The standard InChI is InChI=1S/C16H21N3O2/c1-3-14-18-10-12-19(14)11-9-16(17-2,15(20)21)13-7-5-4-6-8-13/h4-8,10,12,17H,3,9,11H2,1-2H3,(H,20,21). The molecule has 0 aliphatic heterocycles. The molecule has 1 aromatic carbocycles. The van der Waals surface area contributed by atoms with E-state index in [4.69, 9.17) is 0 Å². The Kier molecular flexibility index (Phi) is 4.75. The molecule has 1 unspecified atom stereocenters. The molecule has 0 bridgehead atoms. The van der Waals surface area contributed by atoms with Gasteiger partial charge < -0.3 is 15.0 Å². The maximum absolute atomic E-state index is 11.9. The number of hydrogen-bond donors (Lipinski definition) is 2. The zero-order valence-electron chi connectivity index (χ0n) is 12.4. The Morgan fingerprint density at radius 1 is 1.38 bits per heavy atom. The van der Waals surface area contributed by atoms with E-state index >= 15 is 0 Å². The van der Waals surface area contributed by atoms with Crippen molar-refractivity contribution in [3.05, 3.63) is 54.1 Å². The highest BCUT2D eigenvalue weighted by atomic mass is 16.4. The van der Waals surface area contributed by atoms with Gasteiger partial charge in [0.2, 0.25) is 0 Å². The molecule has 0 fully saturated rings. The van der Waals surface area contributed by atoms with Crippen molar-refractivity contribution in [3.63, 3.8) is 0 Å². The number of benzene rings is 1. The van der Waals surface area contributed by atoms with Gasteiger partial charge in [-0.05, 0) is 19.0 Å². The van der Waals surface area contributed by atoms with E-state index in [2.05, 4.69) is 10.3 Å². The molecule has 1 aromatic heterocycles. The van der Waals surface area contributed by atoms with Gasteiger partial charge in [0.1, 0.15) is 11.4 Å². The van der Waals surface area contributed by atoms with E-state index in [0.717, 1.165) is 17.8 Å². The second kappa shape index (κ2) is 6.54. The second-order valence-electron chi connectivity index (χ2n) is 4.97. The maximum Gasteiger partial charge on any atom is 0.328 e. The molecule has 0 spiro atoms. The molecule has 5 heteroatoms. The summed E-state index contributed by atoms with van der Waals surface area (Å²) in [4.78, 5) is 16.2. The van der Waals surface area contributed by atoms with Crippen LogP contribution in [0, 0.1) is 0 Å². The number of likely N-dealkylation sites (N-methyl/N-ethyl adjacent to an activating group) is 1. The number of carboxylic acid groups (broad SMARTS) is 1. The molecule has 0 saturated carbocycles. The number of aromatic nitrogens is 2. The van der Waals surface area contributed by atoms with Gasteiger partial charge in [-0.3, -0.25) is 0 Å². The Morgan fingerprint density at radius 2 is 2.10 bits per heavy atom. The minimum atomic E-state index is -1.09. The van der Waals surface area contributed by atoms with Crippen LogP contribution in [0.25, 0.3) is 0 Å². The molecule has 1 heterocycles. The fraction of sp³-hybridized carbons (Fsp3) is 0.375. The molecule has 0 radical (unpaired) electrons. The number of carboxylic acids is 1. The summed E-state index contributed by atoms with van der Waals surface area (Å²) in [6.07, 6.45) is 4.93. The summed E-state index contributed by atoms with van der Waals surface area (Å²) in [5.41, 5.74) is -0.325. The molecule has 2 rings (SSSR count). The first-order valence-corrected chi connectivity index (χ1v) is 7.12. The number of imidazole rings is 1. The van der Waals surface area contributed by atoms with Crippen LogP contribution in [0.4, 0.5) is 0 Å². The third-order valence-corrected chi connectivity index (χ3v) is 3.90. The van der Waals surface area contributed by atoms with Crippen LogP contribution in [0.1, 0.15) is 24.7 Å². The third kappa shape index (κ3) is 2.97. The Morgan fingerprint density at radius 3 is 2.67 bits per heavy atom. The Hall–Kier alpha value is -2.14. The second-order valence-corrected chi connectivity index (χ2v) is 4.97. The maximum atomic E-state index is 11.9. The monoisotopic (exact) mass is 287 g/mol. The van der Waals surface area contributed by atoms with E-state index in [0.29, 0.717) is 13.0 Å². The molecule has 2 aromatic rings. The molecule has 0 aliphatic rings. The van der Waals surface area contributed by atoms with Crippen molar-refractivity contribution in [1.82, 2.24) is 14.9 Å². The smallest absolute Gasteiger partial charge is 0.328 e. The van der Waals surface area contributed by atoms with Crippen molar-refractivity contribution in [2.75, 3.05) is 7.05 Å². The summed E-state index contributed by atoms with van der Waals surface area (Å²) in [6, 6.07) is 9.30. The van der Waals surface area contributed by atoms with E-state index in [1.165, 1.54) is 0 Å². The largest absolute Gasteiger partial charge is 0.480 e. The van der Waals surface area contributed by atoms with Gasteiger partial charge in [0.05, 0.1) is 0 Å². The Labute approximate surface area is 124 Å². The van der Waals surface area contributed by atoms with Crippen molar-refractivity contribution < 1.29 is 9.90 Å². The van der Waals surface area contributed by atoms with Crippen LogP contribution >= 0.6 is 0 Å². The quantitative estimate of drug-likeness (QED) is 0.817. The summed E-state index contributed by atoms with van der Waals surface area (Å²) < 4.78 is 2.01. The molecule has 2 N–H and O–H groups in total. The summed E-state index contributed by atoms with van der Waals surface area (Å²) >= 11 is 0. The first kappa shape index (κ1) is 15.3. The molecule has 1 atom stereocenters. The fourth-order valence-electron chi connectivity index (χ4n) is 2.62. The number of nitrogens with one attached hydrogen (secondary N) is 1. The molecular weight excluding hydrogens is 266 g/mol. The Balaban J connectivity index is 2.27. The van der Waals surface area contributed by atoms with E-state index in [9.17, 15) is 9.90 Å². The minimum Gasteiger partial charge on any atom is -0.480 e. The van der Waals surface area contributed by atoms with Crippen LogP contribution < -0.4 is 5.32 Å². The number of hydrogen-bond acceptors (Lipinski definition) is 3. The number of rotatable bonds is 7. The number of nitrogens with zero attached hydrogens (tertiary/aromatic N) is 2. The van der Waals surface area contributed by atoms with E-state index in [1.807, 2.05) is 48.0 Å². The Bertz CT molecular complexity index is 595. The highest BCUT2D eigenvalue weighted by molar-refractivity contribution is 5.80. The first-order chi connectivity index (χ1) is 10.1. The van der Waals surface area contributed by atoms with Crippen LogP contribution in [-0.2, 0) is 23.3 Å². The third-order valence-electron chi connectivity index (χ3n) is 3.90. The fourth-order valence-corrected chi connectivity index (χ4v) is 2.62. The van der Waals surface area contributed by atoms with Gasteiger partial charge >= 0.3 is 5.97 Å². The van der Waals surface area contributed by atoms with Crippen LogP contribution in [0.5, 0.6) is 0 Å². The van der Waals surface area contributed by atoms with Gasteiger partial charge in [-0.15, -0.1) is 0 Å². The predicted molar refractivity (Wildman–Crippen MR) is 81.0 cm³/mol. The molecule has 5 nitrogen and oxygen atoms in total. The molecule has 0 aliphatic carbocycles. The van der Waals surface area contributed by atoms with Crippen molar-refractivity contribution in [2.45, 2.75) is 31.8 Å². The normalized spacial score (nSPS) is 13.8. The highest BCUT2D eigenvalue weighted by Crippen LogP contribution is 2.26. The van der Waals surface area contributed by atoms with Gasteiger partial charge in [0.15, 0.2) is 0 Å². The van der Waals surface area contributed by atoms with Gasteiger partial charge in [-0.2, -0.15) is 0 Å². The van der Waals surface area contributed by atoms with Crippen LogP contribution in [0.3, 0.4) is 0 Å². The van der Waals surface area contributed by atoms with E-state index < -0.39 is 11.5 Å². The zero-order valence-corrected chi connectivity index (χ0v) is 12.4. The SMILES string of the molecule is CCc1nccn1CCC(NC)(C(=O)O)c1ccccc1. The van der Waals surface area contributed by atoms with Gasteiger partial charge in [0.25, 0.3) is 0 Å². The van der Waals surface area contributed by atoms with Gasteiger partial charge in [-0.1, -0.05) is 37.3 Å². The summed E-state index contributed by atoms with van der Waals surface area (Å²) in [7, 11) is 1.69. The van der Waals surface area contributed by atoms with E-state index in [1.54, 1.807) is 13.2 Å². The average molecular weight is 287 g/mol. The molecular formula is C16H21N3O2. The van der Waals surface area contributed by atoms with Gasteiger partial charge in [-0.25, -0.2) is 9.78 Å². The van der Waals surface area contributed by atoms with Crippen LogP contribution in [0.2, 0.25) is 0 Å². The topological polar surface area (TPSA) is 67.2 Å². The van der Waals surface area contributed by atoms with Crippen molar-refractivity contribution in [2.24, 2.45) is 0 Å². The minimum absolute atomic E-state index is 0.451. The van der Waals surface area contributed by atoms with Crippen molar-refractivity contribution in [3.8, 4) is 0 Å². The van der Waals surface area contributed by atoms with Crippen molar-refractivity contribution in [1.29, 1.82) is 0 Å². The zero-order chi connectivity index (χ0) is 15.3. The van der Waals surface area contributed by atoms with Crippen LogP contribution in [-0.4, -0.2) is 27.7 Å².